The molecular weight excluding hydrogens is 410 g/mol. The Morgan fingerprint density at radius 3 is 2.06 bits per heavy atom. The van der Waals surface area contributed by atoms with Gasteiger partial charge in [0.25, 0.3) is 0 Å². The highest BCUT2D eigenvalue weighted by atomic mass is 16.5. The Labute approximate surface area is 190 Å². The molecule has 0 aliphatic carbocycles. The summed E-state index contributed by atoms with van der Waals surface area (Å²) in [6.07, 6.45) is 1.53. The molecule has 8 heteroatoms. The summed E-state index contributed by atoms with van der Waals surface area (Å²) in [5, 5.41) is 6.67. The zero-order valence-electron chi connectivity index (χ0n) is 19.9. The monoisotopic (exact) mass is 445 g/mol. The number of hydrogen-bond acceptors (Lipinski definition) is 6. The average Bonchev–Trinajstić information content (AvgIpc) is 2.83. The van der Waals surface area contributed by atoms with E-state index in [1.54, 1.807) is 35.5 Å². The van der Waals surface area contributed by atoms with E-state index in [0.29, 0.717) is 30.2 Å². The Morgan fingerprint density at radius 2 is 1.44 bits per heavy atom. The molecule has 0 atom stereocenters. The van der Waals surface area contributed by atoms with E-state index in [1.165, 1.54) is 0 Å². The fraction of sp³-hybridized carbons (Fsp3) is 0.458. The summed E-state index contributed by atoms with van der Waals surface area (Å²) in [6.45, 7) is 4.16. The summed E-state index contributed by atoms with van der Waals surface area (Å²) in [4.78, 5) is 4.70. The summed E-state index contributed by atoms with van der Waals surface area (Å²) in [7, 11) is 8.12. The number of rotatable bonds is 12. The van der Waals surface area contributed by atoms with Crippen molar-refractivity contribution in [1.82, 2.24) is 10.6 Å². The summed E-state index contributed by atoms with van der Waals surface area (Å²) >= 11 is 0. The van der Waals surface area contributed by atoms with Crippen LogP contribution in [-0.2, 0) is 12.8 Å². The van der Waals surface area contributed by atoms with Crippen LogP contribution < -0.4 is 34.3 Å². The Kier molecular flexibility index (Phi) is 10.3. The minimum absolute atomic E-state index is 0.594. The highest BCUT2D eigenvalue weighted by molar-refractivity contribution is 5.79. The first kappa shape index (κ1) is 25.0. The molecule has 0 fully saturated rings. The minimum atomic E-state index is 0.594. The van der Waals surface area contributed by atoms with Crippen LogP contribution in [-0.4, -0.2) is 61.1 Å². The molecule has 0 bridgehead atoms. The Balaban J connectivity index is 1.99. The Bertz CT molecular complexity index is 886. The summed E-state index contributed by atoms with van der Waals surface area (Å²) in [5.74, 6) is 4.14. The molecule has 0 saturated carbocycles. The van der Waals surface area contributed by atoms with Crippen LogP contribution >= 0.6 is 0 Å². The molecule has 0 radical (unpaired) electrons. The lowest BCUT2D eigenvalue weighted by Crippen LogP contribution is -2.38. The van der Waals surface area contributed by atoms with E-state index in [9.17, 15) is 0 Å². The predicted octanol–water partition coefficient (Wildman–Crippen LogP) is 3.07. The zero-order chi connectivity index (χ0) is 23.3. The van der Waals surface area contributed by atoms with Gasteiger partial charge in [0.2, 0.25) is 5.75 Å². The van der Waals surface area contributed by atoms with Crippen LogP contribution in [0.2, 0.25) is 0 Å². The van der Waals surface area contributed by atoms with Crippen molar-refractivity contribution in [2.24, 2.45) is 4.99 Å². The van der Waals surface area contributed by atoms with Gasteiger partial charge < -0.3 is 34.3 Å². The number of nitrogens with zero attached hydrogens (tertiary/aromatic N) is 1. The molecule has 0 heterocycles. The summed E-state index contributed by atoms with van der Waals surface area (Å²) in [5.41, 5.74) is 2.16. The molecular formula is C24H35N3O5. The van der Waals surface area contributed by atoms with Crippen molar-refractivity contribution in [1.29, 1.82) is 0 Å². The molecule has 0 aromatic heterocycles. The molecule has 8 nitrogen and oxygen atoms in total. The summed E-state index contributed by atoms with van der Waals surface area (Å²) in [6, 6.07) is 9.81. The third-order valence-corrected chi connectivity index (χ3v) is 4.94. The second kappa shape index (κ2) is 13.2. The van der Waals surface area contributed by atoms with Crippen LogP contribution in [0.3, 0.4) is 0 Å². The van der Waals surface area contributed by atoms with Gasteiger partial charge >= 0.3 is 0 Å². The van der Waals surface area contributed by atoms with E-state index >= 15 is 0 Å². The Hall–Kier alpha value is -3.29. The van der Waals surface area contributed by atoms with Crippen LogP contribution in [0.15, 0.2) is 35.3 Å². The van der Waals surface area contributed by atoms with E-state index in [2.05, 4.69) is 10.6 Å². The number of hydrogen-bond donors (Lipinski definition) is 2. The third kappa shape index (κ3) is 6.60. The standard InChI is InChI=1S/C24H35N3O5/c1-7-25-24(26-14-12-17-8-10-19(28-2)21(16-17)30-4)27-15-13-18-9-11-20(29-3)23(32-6)22(18)31-5/h8-11,16H,7,12-15H2,1-6H3,(H2,25,26,27). The molecule has 0 saturated heterocycles. The number of methoxy groups -OCH3 is 5. The van der Waals surface area contributed by atoms with Crippen LogP contribution in [0.4, 0.5) is 0 Å². The van der Waals surface area contributed by atoms with E-state index in [4.69, 9.17) is 28.7 Å². The first-order chi connectivity index (χ1) is 15.6. The van der Waals surface area contributed by atoms with Gasteiger partial charge in [-0.3, -0.25) is 4.99 Å². The van der Waals surface area contributed by atoms with Gasteiger partial charge in [-0.15, -0.1) is 0 Å². The predicted molar refractivity (Wildman–Crippen MR) is 127 cm³/mol. The van der Waals surface area contributed by atoms with E-state index in [0.717, 1.165) is 48.1 Å². The van der Waals surface area contributed by atoms with Crippen molar-refractivity contribution in [2.45, 2.75) is 19.8 Å². The number of guanidine groups is 1. The second-order valence-corrected chi connectivity index (χ2v) is 6.87. The van der Waals surface area contributed by atoms with Crippen LogP contribution in [0.1, 0.15) is 18.1 Å². The molecule has 0 aliphatic rings. The number of ether oxygens (including phenoxy) is 5. The number of aliphatic imine (C=N–C) groups is 1. The van der Waals surface area contributed by atoms with Gasteiger partial charge in [-0.1, -0.05) is 12.1 Å². The van der Waals surface area contributed by atoms with Crippen molar-refractivity contribution < 1.29 is 23.7 Å². The highest BCUT2D eigenvalue weighted by Crippen LogP contribution is 2.39. The van der Waals surface area contributed by atoms with Gasteiger partial charge in [0.15, 0.2) is 29.0 Å². The molecule has 0 amide bonds. The van der Waals surface area contributed by atoms with Crippen molar-refractivity contribution in [2.75, 3.05) is 55.2 Å². The average molecular weight is 446 g/mol. The van der Waals surface area contributed by atoms with E-state index in [1.807, 2.05) is 37.3 Å². The molecule has 2 aromatic rings. The van der Waals surface area contributed by atoms with Gasteiger partial charge in [0.1, 0.15) is 0 Å². The van der Waals surface area contributed by atoms with Crippen molar-refractivity contribution in [3.05, 3.63) is 41.5 Å². The lowest BCUT2D eigenvalue weighted by molar-refractivity contribution is 0.322. The first-order valence-electron chi connectivity index (χ1n) is 10.6. The van der Waals surface area contributed by atoms with Crippen LogP contribution in [0, 0.1) is 0 Å². The first-order valence-corrected chi connectivity index (χ1v) is 10.6. The fourth-order valence-corrected chi connectivity index (χ4v) is 3.35. The quantitative estimate of drug-likeness (QED) is 0.384. The van der Waals surface area contributed by atoms with Gasteiger partial charge in [0, 0.05) is 25.2 Å². The Morgan fingerprint density at radius 1 is 0.750 bits per heavy atom. The third-order valence-electron chi connectivity index (χ3n) is 4.94. The lowest BCUT2D eigenvalue weighted by Gasteiger charge is -2.16. The van der Waals surface area contributed by atoms with Gasteiger partial charge in [0.05, 0.1) is 35.5 Å². The topological polar surface area (TPSA) is 82.6 Å². The normalized spacial score (nSPS) is 11.0. The van der Waals surface area contributed by atoms with Crippen molar-refractivity contribution in [3.63, 3.8) is 0 Å². The molecule has 0 aliphatic heterocycles. The fourth-order valence-electron chi connectivity index (χ4n) is 3.35. The molecule has 176 valence electrons. The maximum Gasteiger partial charge on any atom is 0.203 e. The van der Waals surface area contributed by atoms with Gasteiger partial charge in [-0.05, 0) is 43.5 Å². The largest absolute Gasteiger partial charge is 0.493 e. The van der Waals surface area contributed by atoms with E-state index < -0.39 is 0 Å². The lowest BCUT2D eigenvalue weighted by atomic mass is 10.1. The number of nitrogens with one attached hydrogen (secondary N) is 2. The minimum Gasteiger partial charge on any atom is -0.493 e. The molecule has 32 heavy (non-hydrogen) atoms. The number of benzene rings is 2. The highest BCUT2D eigenvalue weighted by Gasteiger charge is 2.15. The molecule has 2 aromatic carbocycles. The van der Waals surface area contributed by atoms with Gasteiger partial charge in [-0.2, -0.15) is 0 Å². The van der Waals surface area contributed by atoms with Crippen LogP contribution in [0.25, 0.3) is 0 Å². The molecule has 0 unspecified atom stereocenters. The second-order valence-electron chi connectivity index (χ2n) is 6.87. The van der Waals surface area contributed by atoms with E-state index in [-0.39, 0.29) is 0 Å². The molecule has 2 N–H and O–H groups in total. The SMILES string of the molecule is CCNC(=NCCc1ccc(OC)c(OC)c1OC)NCCc1ccc(OC)c(OC)c1. The zero-order valence-corrected chi connectivity index (χ0v) is 19.9. The van der Waals surface area contributed by atoms with Crippen molar-refractivity contribution in [3.8, 4) is 28.7 Å². The van der Waals surface area contributed by atoms with Crippen molar-refractivity contribution >= 4 is 5.96 Å². The maximum absolute atomic E-state index is 5.56. The molecule has 0 spiro atoms. The van der Waals surface area contributed by atoms with Crippen LogP contribution in [0.5, 0.6) is 28.7 Å². The molecule has 2 rings (SSSR count). The van der Waals surface area contributed by atoms with Gasteiger partial charge in [-0.25, -0.2) is 0 Å². The summed E-state index contributed by atoms with van der Waals surface area (Å²) < 4.78 is 27.0. The maximum atomic E-state index is 5.56. The smallest absolute Gasteiger partial charge is 0.203 e.